The van der Waals surface area contributed by atoms with Crippen molar-refractivity contribution in [3.8, 4) is 28.3 Å². The van der Waals surface area contributed by atoms with Crippen molar-refractivity contribution in [3.63, 3.8) is 0 Å². The van der Waals surface area contributed by atoms with Gasteiger partial charge in [-0.2, -0.15) is 10.2 Å². The maximum atomic E-state index is 12.6. The predicted octanol–water partition coefficient (Wildman–Crippen LogP) is 4.05. The Morgan fingerprint density at radius 1 is 1.14 bits per heavy atom. The molecule has 0 aliphatic rings. The Kier molecular flexibility index (Phi) is 6.88. The molecule has 0 bridgehead atoms. The average Bonchev–Trinajstić information content (AvgIpc) is 3.53. The van der Waals surface area contributed by atoms with Gasteiger partial charge in [-0.3, -0.25) is 9.89 Å². The number of hydrogen-bond acceptors (Lipinski definition) is 6. The molecule has 0 radical (unpaired) electrons. The Hall–Kier alpha value is -3.72. The summed E-state index contributed by atoms with van der Waals surface area (Å²) in [6.07, 6.45) is 3.42. The van der Waals surface area contributed by atoms with Crippen molar-refractivity contribution < 1.29 is 9.53 Å². The van der Waals surface area contributed by atoms with Gasteiger partial charge in [0, 0.05) is 24.4 Å². The maximum absolute atomic E-state index is 12.6. The largest absolute Gasteiger partial charge is 0.493 e. The molecule has 4 aromatic rings. The van der Waals surface area contributed by atoms with Crippen molar-refractivity contribution in [2.75, 3.05) is 21.2 Å². The van der Waals surface area contributed by atoms with Gasteiger partial charge in [0.2, 0.25) is 5.91 Å². The molecule has 2 atom stereocenters. The zero-order valence-corrected chi connectivity index (χ0v) is 21.3. The number of carbonyl (C=O) groups is 1. The number of aromatic nitrogens is 5. The van der Waals surface area contributed by atoms with E-state index < -0.39 is 0 Å². The van der Waals surface area contributed by atoms with Crippen LogP contribution < -0.4 is 10.1 Å². The highest BCUT2D eigenvalue weighted by molar-refractivity contribution is 5.81. The summed E-state index contributed by atoms with van der Waals surface area (Å²) in [6.45, 7) is 8.22. The minimum absolute atomic E-state index is 0.0453. The van der Waals surface area contributed by atoms with E-state index in [2.05, 4.69) is 63.7 Å². The summed E-state index contributed by atoms with van der Waals surface area (Å²) in [5.41, 5.74) is 6.61. The van der Waals surface area contributed by atoms with Crippen molar-refractivity contribution in [2.24, 2.45) is 0 Å². The normalized spacial score (nSPS) is 13.3. The quantitative estimate of drug-likeness (QED) is 0.399. The second-order valence-electron chi connectivity index (χ2n) is 9.10. The van der Waals surface area contributed by atoms with Crippen LogP contribution >= 0.6 is 0 Å². The number of nitrogens with one attached hydrogen (secondary N) is 2. The second kappa shape index (κ2) is 9.87. The van der Waals surface area contributed by atoms with Crippen LogP contribution in [0.5, 0.6) is 5.75 Å². The van der Waals surface area contributed by atoms with E-state index in [0.29, 0.717) is 11.4 Å². The van der Waals surface area contributed by atoms with Gasteiger partial charge in [0.25, 0.3) is 0 Å². The fraction of sp³-hybridized carbons (Fsp3) is 0.385. The molecule has 0 spiro atoms. The van der Waals surface area contributed by atoms with E-state index in [1.54, 1.807) is 23.6 Å². The third-order valence-corrected chi connectivity index (χ3v) is 6.63. The van der Waals surface area contributed by atoms with Gasteiger partial charge in [-0.25, -0.2) is 9.50 Å². The standard InChI is InChI=1S/C26H33N7O2/c1-15(2)22-23(19-10-8-18(9-11-19)17(4)32(6)26(34)16(3)27-5)30-31-24(22)20-12-21(35-7)25-28-14-29-33(25)13-20/h8-17,27H,1-7H3,(H,30,31). The van der Waals surface area contributed by atoms with Crippen LogP contribution in [0, 0.1) is 0 Å². The first-order chi connectivity index (χ1) is 16.8. The maximum Gasteiger partial charge on any atom is 0.239 e. The molecule has 9 heteroatoms. The van der Waals surface area contributed by atoms with Crippen LogP contribution in [-0.4, -0.2) is 62.8 Å². The Morgan fingerprint density at radius 2 is 1.86 bits per heavy atom. The van der Waals surface area contributed by atoms with E-state index in [1.165, 1.54) is 6.33 Å². The fourth-order valence-electron chi connectivity index (χ4n) is 4.30. The highest BCUT2D eigenvalue weighted by Gasteiger charge is 2.23. The SMILES string of the molecule is CNC(C)C(=O)N(C)C(C)c1ccc(-c2[nH]nc(-c3cc(OC)c4ncnn4c3)c2C(C)C)cc1. The van der Waals surface area contributed by atoms with Gasteiger partial charge in [-0.05, 0) is 44.0 Å². The number of rotatable bonds is 8. The van der Waals surface area contributed by atoms with E-state index in [1.807, 2.05) is 33.2 Å². The molecule has 1 amide bonds. The Balaban J connectivity index is 1.69. The smallest absolute Gasteiger partial charge is 0.239 e. The van der Waals surface area contributed by atoms with E-state index in [4.69, 9.17) is 4.74 Å². The number of H-pyrrole nitrogens is 1. The molecule has 35 heavy (non-hydrogen) atoms. The first-order valence-corrected chi connectivity index (χ1v) is 11.8. The number of aromatic amines is 1. The van der Waals surface area contributed by atoms with Crippen molar-refractivity contribution in [1.29, 1.82) is 0 Å². The van der Waals surface area contributed by atoms with Gasteiger partial charge in [-0.15, -0.1) is 0 Å². The molecule has 2 N–H and O–H groups in total. The molecule has 2 unspecified atom stereocenters. The highest BCUT2D eigenvalue weighted by Crippen LogP contribution is 2.37. The lowest BCUT2D eigenvalue weighted by Gasteiger charge is -2.28. The van der Waals surface area contributed by atoms with Gasteiger partial charge >= 0.3 is 0 Å². The Bertz CT molecular complexity index is 1320. The Morgan fingerprint density at radius 3 is 2.49 bits per heavy atom. The number of methoxy groups -OCH3 is 1. The molecule has 184 valence electrons. The molecule has 0 saturated carbocycles. The van der Waals surface area contributed by atoms with Crippen molar-refractivity contribution in [3.05, 3.63) is 54.0 Å². The molecule has 4 rings (SSSR count). The first kappa shape index (κ1) is 24.4. The average molecular weight is 476 g/mol. The number of benzene rings is 1. The zero-order valence-electron chi connectivity index (χ0n) is 21.3. The summed E-state index contributed by atoms with van der Waals surface area (Å²) in [4.78, 5) is 18.6. The van der Waals surface area contributed by atoms with Gasteiger partial charge in [-0.1, -0.05) is 38.1 Å². The molecule has 0 aliphatic heterocycles. The van der Waals surface area contributed by atoms with E-state index in [0.717, 1.165) is 33.6 Å². The zero-order chi connectivity index (χ0) is 25.3. The summed E-state index contributed by atoms with van der Waals surface area (Å²) in [6, 6.07) is 9.97. The van der Waals surface area contributed by atoms with E-state index in [-0.39, 0.29) is 23.9 Å². The fourth-order valence-corrected chi connectivity index (χ4v) is 4.30. The number of nitrogens with zero attached hydrogens (tertiary/aromatic N) is 5. The van der Waals surface area contributed by atoms with Crippen LogP contribution in [0.3, 0.4) is 0 Å². The van der Waals surface area contributed by atoms with Crippen LogP contribution in [0.15, 0.2) is 42.9 Å². The van der Waals surface area contributed by atoms with Crippen LogP contribution in [-0.2, 0) is 4.79 Å². The molecular weight excluding hydrogens is 442 g/mol. The minimum atomic E-state index is -0.228. The molecule has 3 heterocycles. The van der Waals surface area contributed by atoms with Gasteiger partial charge < -0.3 is 15.0 Å². The van der Waals surface area contributed by atoms with Crippen LogP contribution in [0.2, 0.25) is 0 Å². The predicted molar refractivity (Wildman–Crippen MR) is 136 cm³/mol. The monoisotopic (exact) mass is 475 g/mol. The molecular formula is C26H33N7O2. The number of amides is 1. The van der Waals surface area contributed by atoms with Crippen LogP contribution in [0.1, 0.15) is 50.8 Å². The lowest BCUT2D eigenvalue weighted by molar-refractivity contribution is -0.133. The molecule has 0 aliphatic carbocycles. The summed E-state index contributed by atoms with van der Waals surface area (Å²) in [5, 5.41) is 15.2. The topological polar surface area (TPSA) is 100 Å². The third-order valence-electron chi connectivity index (χ3n) is 6.63. The number of likely N-dealkylation sites (N-methyl/N-ethyl adjacent to an activating group) is 2. The van der Waals surface area contributed by atoms with Crippen molar-refractivity contribution in [1.82, 2.24) is 35.0 Å². The molecule has 0 saturated heterocycles. The van der Waals surface area contributed by atoms with E-state index >= 15 is 0 Å². The Labute approximate surface area is 205 Å². The number of ether oxygens (including phenoxy) is 1. The number of hydrogen-bond donors (Lipinski definition) is 2. The number of carbonyl (C=O) groups excluding carboxylic acids is 1. The van der Waals surface area contributed by atoms with Gasteiger partial charge in [0.05, 0.1) is 30.6 Å². The summed E-state index contributed by atoms with van der Waals surface area (Å²) in [5.74, 6) is 0.926. The van der Waals surface area contributed by atoms with Crippen molar-refractivity contribution in [2.45, 2.75) is 45.7 Å². The van der Waals surface area contributed by atoms with Crippen LogP contribution in [0.25, 0.3) is 28.2 Å². The van der Waals surface area contributed by atoms with Crippen LogP contribution in [0.4, 0.5) is 0 Å². The third kappa shape index (κ3) is 4.51. The molecule has 3 aromatic heterocycles. The highest BCUT2D eigenvalue weighted by atomic mass is 16.5. The lowest BCUT2D eigenvalue weighted by Crippen LogP contribution is -2.42. The molecule has 9 nitrogen and oxygen atoms in total. The van der Waals surface area contributed by atoms with E-state index in [9.17, 15) is 4.79 Å². The van der Waals surface area contributed by atoms with Gasteiger partial charge in [0.1, 0.15) is 6.33 Å². The summed E-state index contributed by atoms with van der Waals surface area (Å²) >= 11 is 0. The first-order valence-electron chi connectivity index (χ1n) is 11.8. The minimum Gasteiger partial charge on any atom is -0.493 e. The summed E-state index contributed by atoms with van der Waals surface area (Å²) < 4.78 is 7.24. The second-order valence-corrected chi connectivity index (χ2v) is 9.10. The summed E-state index contributed by atoms with van der Waals surface area (Å²) in [7, 11) is 5.26. The molecule has 1 aromatic carbocycles. The number of pyridine rings is 1. The number of fused-ring (bicyclic) bond motifs is 1. The lowest BCUT2D eigenvalue weighted by atomic mass is 9.93. The van der Waals surface area contributed by atoms with Crippen molar-refractivity contribution >= 4 is 11.6 Å². The van der Waals surface area contributed by atoms with Gasteiger partial charge in [0.15, 0.2) is 11.4 Å². The molecule has 0 fully saturated rings.